The van der Waals surface area contributed by atoms with Gasteiger partial charge in [-0.25, -0.2) is 4.98 Å². The lowest BCUT2D eigenvalue weighted by atomic mass is 10.1. The summed E-state index contributed by atoms with van der Waals surface area (Å²) in [5, 5.41) is 3.48. The highest BCUT2D eigenvalue weighted by Crippen LogP contribution is 2.26. The molecule has 23 heavy (non-hydrogen) atoms. The maximum Gasteiger partial charge on any atom is 0.227 e. The molecule has 1 aromatic heterocycles. The number of hydrogen-bond donors (Lipinski definition) is 1. The smallest absolute Gasteiger partial charge is 0.227 e. The quantitative estimate of drug-likeness (QED) is 0.942. The third-order valence-corrected chi connectivity index (χ3v) is 4.07. The second-order valence-corrected chi connectivity index (χ2v) is 6.19. The third kappa shape index (κ3) is 3.62. The van der Waals surface area contributed by atoms with Crippen molar-refractivity contribution in [2.24, 2.45) is 0 Å². The summed E-state index contributed by atoms with van der Waals surface area (Å²) >= 11 is 0. The van der Waals surface area contributed by atoms with Crippen LogP contribution in [0.15, 0.2) is 18.2 Å². The Bertz CT molecular complexity index is 685. The molecular formula is C18H24N4O. The van der Waals surface area contributed by atoms with Gasteiger partial charge in [0.2, 0.25) is 5.95 Å². The van der Waals surface area contributed by atoms with Gasteiger partial charge >= 0.3 is 0 Å². The lowest BCUT2D eigenvalue weighted by Crippen LogP contribution is -2.37. The van der Waals surface area contributed by atoms with Crippen molar-refractivity contribution in [1.82, 2.24) is 9.97 Å². The zero-order chi connectivity index (χ0) is 16.4. The molecule has 2 aromatic rings. The van der Waals surface area contributed by atoms with Crippen molar-refractivity contribution in [3.63, 3.8) is 0 Å². The van der Waals surface area contributed by atoms with Gasteiger partial charge in [0.25, 0.3) is 0 Å². The first-order chi connectivity index (χ1) is 11.0. The predicted octanol–water partition coefficient (Wildman–Crippen LogP) is 3.29. The highest BCUT2D eigenvalue weighted by molar-refractivity contribution is 5.66. The number of nitrogens with zero attached hydrogens (tertiary/aromatic N) is 3. The predicted molar refractivity (Wildman–Crippen MR) is 93.7 cm³/mol. The number of morpholine rings is 1. The van der Waals surface area contributed by atoms with Crippen LogP contribution in [0.4, 0.5) is 17.5 Å². The fourth-order valence-corrected chi connectivity index (χ4v) is 3.03. The zero-order valence-electron chi connectivity index (χ0n) is 14.3. The summed E-state index contributed by atoms with van der Waals surface area (Å²) in [4.78, 5) is 11.5. The molecule has 1 aromatic carbocycles. The average Bonchev–Trinajstić information content (AvgIpc) is 2.51. The van der Waals surface area contributed by atoms with Crippen LogP contribution in [-0.2, 0) is 4.74 Å². The van der Waals surface area contributed by atoms with Crippen LogP contribution < -0.4 is 10.2 Å². The van der Waals surface area contributed by atoms with Crippen molar-refractivity contribution in [3.8, 4) is 0 Å². The van der Waals surface area contributed by atoms with Gasteiger partial charge in [0, 0.05) is 30.5 Å². The molecular weight excluding hydrogens is 288 g/mol. The monoisotopic (exact) mass is 312 g/mol. The second-order valence-electron chi connectivity index (χ2n) is 6.19. The van der Waals surface area contributed by atoms with E-state index in [0.29, 0.717) is 0 Å². The van der Waals surface area contributed by atoms with E-state index in [0.717, 1.165) is 49.5 Å². The number of aromatic nitrogens is 2. The van der Waals surface area contributed by atoms with E-state index in [1.807, 2.05) is 13.0 Å². The minimum atomic E-state index is 0.732. The van der Waals surface area contributed by atoms with Gasteiger partial charge in [-0.15, -0.1) is 0 Å². The number of anilines is 3. The van der Waals surface area contributed by atoms with E-state index in [-0.39, 0.29) is 0 Å². The lowest BCUT2D eigenvalue weighted by Gasteiger charge is -2.27. The van der Waals surface area contributed by atoms with E-state index < -0.39 is 0 Å². The highest BCUT2D eigenvalue weighted by atomic mass is 16.5. The molecule has 1 aliphatic rings. The Morgan fingerprint density at radius 1 is 0.957 bits per heavy atom. The van der Waals surface area contributed by atoms with Crippen molar-refractivity contribution < 1.29 is 4.74 Å². The van der Waals surface area contributed by atoms with Crippen LogP contribution >= 0.6 is 0 Å². The molecule has 0 saturated carbocycles. The molecule has 0 atom stereocenters. The Balaban J connectivity index is 1.90. The van der Waals surface area contributed by atoms with Crippen molar-refractivity contribution in [2.75, 3.05) is 36.5 Å². The van der Waals surface area contributed by atoms with Crippen molar-refractivity contribution in [1.29, 1.82) is 0 Å². The van der Waals surface area contributed by atoms with Crippen LogP contribution in [-0.4, -0.2) is 36.3 Å². The zero-order valence-corrected chi connectivity index (χ0v) is 14.3. The van der Waals surface area contributed by atoms with Gasteiger partial charge in [-0.05, 0) is 38.8 Å². The van der Waals surface area contributed by atoms with Crippen LogP contribution in [0.3, 0.4) is 0 Å². The second kappa shape index (κ2) is 6.54. The summed E-state index contributed by atoms with van der Waals surface area (Å²) < 4.78 is 5.41. The molecule has 0 bridgehead atoms. The Kier molecular flexibility index (Phi) is 4.48. The SMILES string of the molecule is Cc1cc(C)c(Nc2cc(C)nc(N3CCOCC3)n2)c(C)c1. The first kappa shape index (κ1) is 15.7. The summed E-state index contributed by atoms with van der Waals surface area (Å²) in [6, 6.07) is 6.36. The van der Waals surface area contributed by atoms with E-state index in [2.05, 4.69) is 48.1 Å². The van der Waals surface area contributed by atoms with Crippen LogP contribution in [0.1, 0.15) is 22.4 Å². The van der Waals surface area contributed by atoms with Gasteiger partial charge < -0.3 is 15.0 Å². The van der Waals surface area contributed by atoms with Gasteiger partial charge in [-0.3, -0.25) is 0 Å². The maximum absolute atomic E-state index is 5.41. The molecule has 0 aliphatic carbocycles. The van der Waals surface area contributed by atoms with Crippen LogP contribution in [0.2, 0.25) is 0 Å². The van der Waals surface area contributed by atoms with Gasteiger partial charge in [0.1, 0.15) is 5.82 Å². The van der Waals surface area contributed by atoms with Crippen molar-refractivity contribution in [2.45, 2.75) is 27.7 Å². The first-order valence-corrected chi connectivity index (χ1v) is 8.06. The number of benzene rings is 1. The molecule has 3 rings (SSSR count). The van der Waals surface area contributed by atoms with Crippen LogP contribution in [0, 0.1) is 27.7 Å². The largest absolute Gasteiger partial charge is 0.378 e. The molecule has 1 fully saturated rings. The maximum atomic E-state index is 5.41. The third-order valence-electron chi connectivity index (χ3n) is 4.07. The standard InChI is InChI=1S/C18H24N4O/c1-12-9-13(2)17(14(3)10-12)20-16-11-15(4)19-18(21-16)22-5-7-23-8-6-22/h9-11H,5-8H2,1-4H3,(H,19,20,21). The van der Waals surface area contributed by atoms with E-state index in [1.54, 1.807) is 0 Å². The Morgan fingerprint density at radius 2 is 1.61 bits per heavy atom. The minimum absolute atomic E-state index is 0.732. The van der Waals surface area contributed by atoms with Crippen molar-refractivity contribution >= 4 is 17.5 Å². The van der Waals surface area contributed by atoms with Crippen LogP contribution in [0.5, 0.6) is 0 Å². The van der Waals surface area contributed by atoms with Crippen molar-refractivity contribution in [3.05, 3.63) is 40.6 Å². The summed E-state index contributed by atoms with van der Waals surface area (Å²) in [5.41, 5.74) is 5.82. The van der Waals surface area contributed by atoms with Crippen LogP contribution in [0.25, 0.3) is 0 Å². The lowest BCUT2D eigenvalue weighted by molar-refractivity contribution is 0.122. The molecule has 0 radical (unpaired) electrons. The van der Waals surface area contributed by atoms with Gasteiger partial charge in [-0.2, -0.15) is 4.98 Å². The number of aryl methyl sites for hydroxylation is 4. The molecule has 1 saturated heterocycles. The van der Waals surface area contributed by atoms with E-state index in [4.69, 9.17) is 9.72 Å². The average molecular weight is 312 g/mol. The number of nitrogens with one attached hydrogen (secondary N) is 1. The topological polar surface area (TPSA) is 50.3 Å². The fraction of sp³-hybridized carbons (Fsp3) is 0.444. The molecule has 5 heteroatoms. The molecule has 0 unspecified atom stereocenters. The number of hydrogen-bond acceptors (Lipinski definition) is 5. The van der Waals surface area contributed by atoms with E-state index >= 15 is 0 Å². The summed E-state index contributed by atoms with van der Waals surface area (Å²) in [5.74, 6) is 1.62. The molecule has 122 valence electrons. The molecule has 5 nitrogen and oxygen atoms in total. The highest BCUT2D eigenvalue weighted by Gasteiger charge is 2.15. The summed E-state index contributed by atoms with van der Waals surface area (Å²) in [6.07, 6.45) is 0. The Morgan fingerprint density at radius 3 is 2.26 bits per heavy atom. The fourth-order valence-electron chi connectivity index (χ4n) is 3.03. The minimum Gasteiger partial charge on any atom is -0.378 e. The summed E-state index contributed by atoms with van der Waals surface area (Å²) in [7, 11) is 0. The molecule has 1 N–H and O–H groups in total. The van der Waals surface area contributed by atoms with Gasteiger partial charge in [0.05, 0.1) is 13.2 Å². The van der Waals surface area contributed by atoms with E-state index in [9.17, 15) is 0 Å². The van der Waals surface area contributed by atoms with Gasteiger partial charge in [-0.1, -0.05) is 17.7 Å². The van der Waals surface area contributed by atoms with Gasteiger partial charge in [0.15, 0.2) is 0 Å². The number of ether oxygens (including phenoxy) is 1. The number of rotatable bonds is 3. The molecule has 1 aliphatic heterocycles. The molecule has 2 heterocycles. The Hall–Kier alpha value is -2.14. The normalized spacial score (nSPS) is 14.9. The first-order valence-electron chi connectivity index (χ1n) is 8.06. The molecule has 0 amide bonds. The summed E-state index contributed by atoms with van der Waals surface area (Å²) in [6.45, 7) is 11.5. The molecule has 0 spiro atoms. The Labute approximate surface area is 137 Å². The van der Waals surface area contributed by atoms with E-state index in [1.165, 1.54) is 16.7 Å².